The first-order chi connectivity index (χ1) is 13.0. The Morgan fingerprint density at radius 2 is 2.07 bits per heavy atom. The van der Waals surface area contributed by atoms with Crippen LogP contribution in [0.5, 0.6) is 0 Å². The number of amides is 2. The van der Waals surface area contributed by atoms with Crippen molar-refractivity contribution in [2.45, 2.75) is 37.3 Å². The number of unbranched alkanes of at least 4 members (excludes halogenated alkanes) is 1. The van der Waals surface area contributed by atoms with Gasteiger partial charge in [-0.2, -0.15) is 0 Å². The van der Waals surface area contributed by atoms with E-state index < -0.39 is 23.2 Å². The molecule has 1 aromatic heterocycles. The summed E-state index contributed by atoms with van der Waals surface area (Å²) in [6.07, 6.45) is 1.83. The summed E-state index contributed by atoms with van der Waals surface area (Å²) in [6.45, 7) is 2.06. The van der Waals surface area contributed by atoms with Crippen LogP contribution in [0.2, 0.25) is 0 Å². The highest BCUT2D eigenvalue weighted by Crippen LogP contribution is 2.30. The van der Waals surface area contributed by atoms with Gasteiger partial charge < -0.3 is 15.6 Å². The van der Waals surface area contributed by atoms with Crippen LogP contribution in [0.3, 0.4) is 0 Å². The van der Waals surface area contributed by atoms with Gasteiger partial charge in [-0.15, -0.1) is 0 Å². The van der Waals surface area contributed by atoms with Crippen molar-refractivity contribution >= 4 is 35.1 Å². The molecule has 1 atom stereocenters. The van der Waals surface area contributed by atoms with Crippen LogP contribution in [0.15, 0.2) is 34.2 Å². The molecule has 2 heterocycles. The molecule has 0 saturated heterocycles. The molecule has 1 aliphatic heterocycles. The number of carbonyl (C=O) groups is 2. The quantitative estimate of drug-likeness (QED) is 0.400. The molecule has 7 nitrogen and oxygen atoms in total. The molecule has 0 spiro atoms. The molecular formula is C18H19FN4O3S. The van der Waals surface area contributed by atoms with Crippen molar-refractivity contribution < 1.29 is 14.0 Å². The Hall–Kier alpha value is -2.68. The number of fused-ring (bicyclic) bond motifs is 1. The van der Waals surface area contributed by atoms with Gasteiger partial charge in [0.25, 0.3) is 5.56 Å². The van der Waals surface area contributed by atoms with Gasteiger partial charge in [-0.1, -0.05) is 25.1 Å². The first kappa shape index (κ1) is 19.1. The van der Waals surface area contributed by atoms with Gasteiger partial charge in [-0.3, -0.25) is 14.4 Å². The van der Waals surface area contributed by atoms with E-state index in [1.54, 1.807) is 0 Å². The third-order valence-electron chi connectivity index (χ3n) is 4.09. The summed E-state index contributed by atoms with van der Waals surface area (Å²) in [5.41, 5.74) is 0.0670. The summed E-state index contributed by atoms with van der Waals surface area (Å²) >= 11 is 1.39. The largest absolute Gasteiger partial charge is 0.326 e. The number of H-pyrrole nitrogens is 1. The molecule has 142 valence electrons. The van der Waals surface area contributed by atoms with Crippen LogP contribution in [0.25, 0.3) is 0 Å². The number of hydrogen-bond donors (Lipinski definition) is 3. The summed E-state index contributed by atoms with van der Waals surface area (Å²) in [6, 6.07) is 5.25. The van der Waals surface area contributed by atoms with Gasteiger partial charge in [-0.25, -0.2) is 9.37 Å². The average molecular weight is 390 g/mol. The second kappa shape index (κ2) is 8.34. The number of rotatable bonds is 6. The van der Waals surface area contributed by atoms with E-state index in [0.717, 1.165) is 18.6 Å². The minimum absolute atomic E-state index is 0.119. The first-order valence-electron chi connectivity index (χ1n) is 8.61. The number of thioether (sulfide) groups is 1. The van der Waals surface area contributed by atoms with Gasteiger partial charge in [0.1, 0.15) is 11.6 Å². The molecule has 3 rings (SSSR count). The lowest BCUT2D eigenvalue weighted by atomic mass is 9.92. The lowest BCUT2D eigenvalue weighted by Crippen LogP contribution is -2.36. The smallest absolute Gasteiger partial charge is 0.257 e. The fourth-order valence-electron chi connectivity index (χ4n) is 2.72. The van der Waals surface area contributed by atoms with E-state index in [0.29, 0.717) is 10.8 Å². The zero-order valence-electron chi connectivity index (χ0n) is 14.7. The van der Waals surface area contributed by atoms with Crippen molar-refractivity contribution in [2.24, 2.45) is 0 Å². The Balaban J connectivity index is 1.86. The highest BCUT2D eigenvalue weighted by atomic mass is 32.2. The predicted molar refractivity (Wildman–Crippen MR) is 102 cm³/mol. The average Bonchev–Trinajstić information content (AvgIpc) is 2.63. The van der Waals surface area contributed by atoms with Crippen LogP contribution < -0.4 is 16.2 Å². The van der Waals surface area contributed by atoms with Crippen molar-refractivity contribution in [3.8, 4) is 0 Å². The van der Waals surface area contributed by atoms with Gasteiger partial charge in [0, 0.05) is 17.9 Å². The van der Waals surface area contributed by atoms with Crippen molar-refractivity contribution in [3.05, 3.63) is 46.0 Å². The van der Waals surface area contributed by atoms with E-state index >= 15 is 0 Å². The standard InChI is InChI=1S/C18H19FN4O3S/c1-2-3-8-27-18-22-15-14(17(26)23-18)12(9-13(24)21-15)16(25)20-11-6-4-10(19)5-7-11/h4-7,12H,2-3,8-9H2,1H3,(H,20,25)(H2,21,22,23,24,26)/t12-/m0/s1. The maximum absolute atomic E-state index is 13.0. The van der Waals surface area contributed by atoms with Gasteiger partial charge in [0.05, 0.1) is 11.5 Å². The molecule has 2 amide bonds. The molecule has 27 heavy (non-hydrogen) atoms. The van der Waals surface area contributed by atoms with E-state index in [2.05, 4.69) is 27.5 Å². The number of benzene rings is 1. The summed E-state index contributed by atoms with van der Waals surface area (Å²) in [5, 5.41) is 5.60. The molecule has 0 aliphatic carbocycles. The molecule has 1 aromatic carbocycles. The number of anilines is 2. The molecule has 1 aliphatic rings. The SMILES string of the molecule is CCCCSc1nc2c(c(=O)[nH]1)[C@@H](C(=O)Nc1ccc(F)cc1)CC(=O)N2. The van der Waals surface area contributed by atoms with Crippen LogP contribution in [0.1, 0.15) is 37.7 Å². The lowest BCUT2D eigenvalue weighted by molar-refractivity contribution is -0.123. The number of nitrogens with zero attached hydrogens (tertiary/aromatic N) is 1. The monoisotopic (exact) mass is 390 g/mol. The Kier molecular flexibility index (Phi) is 5.90. The van der Waals surface area contributed by atoms with Gasteiger partial charge in [0.15, 0.2) is 5.16 Å². The zero-order valence-corrected chi connectivity index (χ0v) is 15.5. The summed E-state index contributed by atoms with van der Waals surface area (Å²) < 4.78 is 13.0. The summed E-state index contributed by atoms with van der Waals surface area (Å²) in [7, 11) is 0. The van der Waals surface area contributed by atoms with E-state index in [1.807, 2.05) is 0 Å². The second-order valence-corrected chi connectivity index (χ2v) is 7.22. The highest BCUT2D eigenvalue weighted by Gasteiger charge is 2.34. The zero-order chi connectivity index (χ0) is 19.4. The normalized spacial score (nSPS) is 15.8. The molecule has 3 N–H and O–H groups in total. The Morgan fingerprint density at radius 3 is 2.78 bits per heavy atom. The lowest BCUT2D eigenvalue weighted by Gasteiger charge is -2.23. The molecule has 2 aromatic rings. The first-order valence-corrected chi connectivity index (χ1v) is 9.59. The van der Waals surface area contributed by atoms with Crippen LogP contribution in [-0.4, -0.2) is 27.5 Å². The van der Waals surface area contributed by atoms with Crippen molar-refractivity contribution in [2.75, 3.05) is 16.4 Å². The van der Waals surface area contributed by atoms with Crippen LogP contribution in [0, 0.1) is 5.82 Å². The minimum Gasteiger partial charge on any atom is -0.326 e. The van der Waals surface area contributed by atoms with E-state index in [1.165, 1.54) is 36.0 Å². The third-order valence-corrected chi connectivity index (χ3v) is 5.05. The Morgan fingerprint density at radius 1 is 1.33 bits per heavy atom. The molecule has 0 bridgehead atoms. The second-order valence-electron chi connectivity index (χ2n) is 6.14. The topological polar surface area (TPSA) is 104 Å². The van der Waals surface area contributed by atoms with Gasteiger partial charge >= 0.3 is 0 Å². The fourth-order valence-corrected chi connectivity index (χ4v) is 3.67. The number of aromatic nitrogens is 2. The molecule has 0 saturated carbocycles. The van der Waals surface area contributed by atoms with Crippen molar-refractivity contribution in [1.82, 2.24) is 9.97 Å². The van der Waals surface area contributed by atoms with Crippen molar-refractivity contribution in [3.63, 3.8) is 0 Å². The maximum atomic E-state index is 13.0. The predicted octanol–water partition coefficient (Wildman–Crippen LogP) is 2.87. The van der Waals surface area contributed by atoms with Crippen LogP contribution >= 0.6 is 11.8 Å². The molecule has 9 heteroatoms. The van der Waals surface area contributed by atoms with E-state index in [9.17, 15) is 18.8 Å². The fraction of sp³-hybridized carbons (Fsp3) is 0.333. The molecule has 0 unspecified atom stereocenters. The number of halogens is 1. The highest BCUT2D eigenvalue weighted by molar-refractivity contribution is 7.99. The Labute approximate surface area is 159 Å². The summed E-state index contributed by atoms with van der Waals surface area (Å²) in [5.74, 6) is -1.39. The maximum Gasteiger partial charge on any atom is 0.257 e. The number of carbonyl (C=O) groups excluding carboxylic acids is 2. The number of hydrogen-bond acceptors (Lipinski definition) is 5. The molecule has 0 fully saturated rings. The van der Waals surface area contributed by atoms with Gasteiger partial charge in [0.2, 0.25) is 11.8 Å². The molecular weight excluding hydrogens is 371 g/mol. The minimum atomic E-state index is -0.968. The van der Waals surface area contributed by atoms with Crippen LogP contribution in [0.4, 0.5) is 15.9 Å². The number of nitrogens with one attached hydrogen (secondary N) is 3. The van der Waals surface area contributed by atoms with E-state index in [4.69, 9.17) is 0 Å². The van der Waals surface area contributed by atoms with Crippen molar-refractivity contribution in [1.29, 1.82) is 0 Å². The van der Waals surface area contributed by atoms with Gasteiger partial charge in [-0.05, 0) is 30.7 Å². The Bertz CT molecular complexity index is 914. The summed E-state index contributed by atoms with van der Waals surface area (Å²) in [4.78, 5) is 44.2. The van der Waals surface area contributed by atoms with E-state index in [-0.39, 0.29) is 23.7 Å². The number of aromatic amines is 1. The molecule has 0 radical (unpaired) electrons. The third kappa shape index (κ3) is 4.54. The van der Waals surface area contributed by atoms with Crippen LogP contribution in [-0.2, 0) is 9.59 Å².